The fourth-order valence-corrected chi connectivity index (χ4v) is 2.26. The molecule has 0 saturated carbocycles. The van der Waals surface area contributed by atoms with Gasteiger partial charge in [-0.25, -0.2) is 4.98 Å². The molecule has 1 heterocycles. The highest BCUT2D eigenvalue weighted by molar-refractivity contribution is 7.17. The first-order valence-corrected chi connectivity index (χ1v) is 6.29. The number of aryl methyl sites for hydroxylation is 1. The van der Waals surface area contributed by atoms with Gasteiger partial charge in [-0.15, -0.1) is 0 Å². The van der Waals surface area contributed by atoms with E-state index >= 15 is 0 Å². The highest BCUT2D eigenvalue weighted by Gasteiger charge is 2.20. The summed E-state index contributed by atoms with van der Waals surface area (Å²) in [5, 5.41) is 8.98. The van der Waals surface area contributed by atoms with E-state index < -0.39 is 0 Å². The van der Waals surface area contributed by atoms with Crippen LogP contribution >= 0.6 is 11.3 Å². The number of amides is 1. The average Bonchev–Trinajstić information content (AvgIpc) is 2.68. The molecule has 18 heavy (non-hydrogen) atoms. The normalized spacial score (nSPS) is 10.1. The minimum atomic E-state index is -0.144. The van der Waals surface area contributed by atoms with E-state index in [0.29, 0.717) is 41.8 Å². The number of carbonyl (C=O) groups is 1. The monoisotopic (exact) mass is 268 g/mol. The molecule has 0 atom stereocenters. The maximum Gasteiger partial charge on any atom is 0.266 e. The van der Waals surface area contributed by atoms with Crippen molar-refractivity contribution >= 4 is 22.4 Å². The molecule has 0 saturated heterocycles. The van der Waals surface area contributed by atoms with Crippen LogP contribution in [-0.4, -0.2) is 42.6 Å². The molecule has 0 fully saturated rings. The highest BCUT2D eigenvalue weighted by atomic mass is 32.1. The van der Waals surface area contributed by atoms with Crippen LogP contribution in [0.1, 0.15) is 21.8 Å². The van der Waals surface area contributed by atoms with E-state index in [2.05, 4.69) is 4.98 Å². The van der Waals surface area contributed by atoms with Gasteiger partial charge >= 0.3 is 0 Å². The molecule has 0 spiro atoms. The molecule has 0 aliphatic rings. The molecule has 7 heteroatoms. The summed E-state index contributed by atoms with van der Waals surface area (Å²) in [4.78, 5) is 18.4. The molecular formula is C11H16N4O2S. The number of thiazole rings is 1. The molecule has 0 bridgehead atoms. The average molecular weight is 268 g/mol. The summed E-state index contributed by atoms with van der Waals surface area (Å²) in [7, 11) is 1.57. The molecule has 1 aromatic rings. The Bertz CT molecular complexity index is 452. The number of methoxy groups -OCH3 is 1. The summed E-state index contributed by atoms with van der Waals surface area (Å²) in [6, 6.07) is 2.03. The number of nitrogens with zero attached hydrogens (tertiary/aromatic N) is 3. The van der Waals surface area contributed by atoms with E-state index in [1.807, 2.05) is 6.07 Å². The number of nitrogen functional groups attached to an aromatic ring is 1. The van der Waals surface area contributed by atoms with Crippen LogP contribution in [-0.2, 0) is 4.74 Å². The van der Waals surface area contributed by atoms with Gasteiger partial charge in [0.2, 0.25) is 0 Å². The van der Waals surface area contributed by atoms with Crippen molar-refractivity contribution in [2.45, 2.75) is 13.3 Å². The quantitative estimate of drug-likeness (QED) is 0.832. The van der Waals surface area contributed by atoms with Gasteiger partial charge in [-0.3, -0.25) is 4.79 Å². The van der Waals surface area contributed by atoms with Crippen molar-refractivity contribution in [2.24, 2.45) is 0 Å². The third kappa shape index (κ3) is 3.68. The van der Waals surface area contributed by atoms with Crippen LogP contribution in [0.15, 0.2) is 0 Å². The smallest absolute Gasteiger partial charge is 0.266 e. The van der Waals surface area contributed by atoms with Crippen LogP contribution in [0.3, 0.4) is 0 Å². The molecule has 1 rings (SSSR count). The second kappa shape index (κ2) is 6.93. The molecular weight excluding hydrogens is 252 g/mol. The van der Waals surface area contributed by atoms with Gasteiger partial charge in [0.15, 0.2) is 5.13 Å². The Morgan fingerprint density at radius 2 is 2.33 bits per heavy atom. The number of ether oxygens (including phenoxy) is 1. The van der Waals surface area contributed by atoms with Crippen molar-refractivity contribution < 1.29 is 9.53 Å². The van der Waals surface area contributed by atoms with Crippen molar-refractivity contribution in [3.8, 4) is 6.07 Å². The minimum absolute atomic E-state index is 0.144. The Hall–Kier alpha value is -1.65. The summed E-state index contributed by atoms with van der Waals surface area (Å²) >= 11 is 1.17. The maximum atomic E-state index is 12.3. The SMILES string of the molecule is COCCN(CCC#N)C(=O)c1sc(N)nc1C. The first-order chi connectivity index (χ1) is 8.60. The number of rotatable bonds is 6. The van der Waals surface area contributed by atoms with E-state index in [9.17, 15) is 4.79 Å². The fourth-order valence-electron chi connectivity index (χ4n) is 1.46. The van der Waals surface area contributed by atoms with Gasteiger partial charge in [-0.1, -0.05) is 11.3 Å². The Kier molecular flexibility index (Phi) is 5.55. The van der Waals surface area contributed by atoms with Crippen LogP contribution < -0.4 is 5.73 Å². The second-order valence-electron chi connectivity index (χ2n) is 3.66. The fraction of sp³-hybridized carbons (Fsp3) is 0.545. The Balaban J connectivity index is 2.81. The number of carbonyl (C=O) groups excluding carboxylic acids is 1. The summed E-state index contributed by atoms with van der Waals surface area (Å²) in [5.74, 6) is -0.144. The lowest BCUT2D eigenvalue weighted by Crippen LogP contribution is -2.34. The molecule has 98 valence electrons. The van der Waals surface area contributed by atoms with Crippen LogP contribution in [0.25, 0.3) is 0 Å². The largest absolute Gasteiger partial charge is 0.383 e. The van der Waals surface area contributed by atoms with Gasteiger partial charge in [0.1, 0.15) is 4.88 Å². The lowest BCUT2D eigenvalue weighted by Gasteiger charge is -2.20. The van der Waals surface area contributed by atoms with E-state index in [-0.39, 0.29) is 5.91 Å². The summed E-state index contributed by atoms with van der Waals surface area (Å²) < 4.78 is 4.96. The summed E-state index contributed by atoms with van der Waals surface area (Å²) in [6.07, 6.45) is 0.294. The molecule has 2 N–H and O–H groups in total. The lowest BCUT2D eigenvalue weighted by molar-refractivity contribution is 0.0703. The molecule has 6 nitrogen and oxygen atoms in total. The standard InChI is InChI=1S/C11H16N4O2S/c1-8-9(18-11(13)14-8)10(16)15(5-3-4-12)6-7-17-2/h3,5-7H2,1-2H3,(H2,13,14). The number of hydrogen-bond donors (Lipinski definition) is 1. The summed E-state index contributed by atoms with van der Waals surface area (Å²) in [5.41, 5.74) is 6.20. The molecule has 0 unspecified atom stereocenters. The van der Waals surface area contributed by atoms with E-state index in [4.69, 9.17) is 15.7 Å². The number of nitriles is 1. The molecule has 0 radical (unpaired) electrons. The zero-order valence-corrected chi connectivity index (χ0v) is 11.3. The summed E-state index contributed by atoms with van der Waals surface area (Å²) in [6.45, 7) is 3.02. The third-order valence-electron chi connectivity index (χ3n) is 2.35. The predicted octanol–water partition coefficient (Wildman–Crippen LogP) is 1.04. The zero-order chi connectivity index (χ0) is 13.5. The van der Waals surface area contributed by atoms with Crippen molar-refractivity contribution in [1.82, 2.24) is 9.88 Å². The lowest BCUT2D eigenvalue weighted by atomic mass is 10.3. The van der Waals surface area contributed by atoms with Crippen molar-refractivity contribution in [2.75, 3.05) is 32.5 Å². The topological polar surface area (TPSA) is 92.2 Å². The van der Waals surface area contributed by atoms with Gasteiger partial charge in [-0.2, -0.15) is 5.26 Å². The Labute approximate surface area is 110 Å². The molecule has 1 aromatic heterocycles. The molecule has 1 amide bonds. The number of nitrogens with two attached hydrogens (primary N) is 1. The first-order valence-electron chi connectivity index (χ1n) is 5.48. The van der Waals surface area contributed by atoms with Crippen molar-refractivity contribution in [3.63, 3.8) is 0 Å². The van der Waals surface area contributed by atoms with Crippen LogP contribution in [0, 0.1) is 18.3 Å². The minimum Gasteiger partial charge on any atom is -0.383 e. The highest BCUT2D eigenvalue weighted by Crippen LogP contribution is 2.21. The number of hydrogen-bond acceptors (Lipinski definition) is 6. The number of anilines is 1. The van der Waals surface area contributed by atoms with Gasteiger partial charge in [0, 0.05) is 20.2 Å². The van der Waals surface area contributed by atoms with Crippen molar-refractivity contribution in [1.29, 1.82) is 5.26 Å². The molecule has 0 aromatic carbocycles. The van der Waals surface area contributed by atoms with Crippen molar-refractivity contribution in [3.05, 3.63) is 10.6 Å². The third-order valence-corrected chi connectivity index (χ3v) is 3.33. The van der Waals surface area contributed by atoms with Gasteiger partial charge in [0.05, 0.1) is 24.8 Å². The Morgan fingerprint density at radius 3 is 2.83 bits per heavy atom. The van der Waals surface area contributed by atoms with Gasteiger partial charge in [-0.05, 0) is 6.92 Å². The zero-order valence-electron chi connectivity index (χ0n) is 10.5. The van der Waals surface area contributed by atoms with Crippen LogP contribution in [0.2, 0.25) is 0 Å². The van der Waals surface area contributed by atoms with Gasteiger partial charge in [0.25, 0.3) is 5.91 Å². The maximum absolute atomic E-state index is 12.3. The molecule has 0 aliphatic heterocycles. The van der Waals surface area contributed by atoms with E-state index in [1.54, 1.807) is 18.9 Å². The molecule has 0 aliphatic carbocycles. The van der Waals surface area contributed by atoms with Crippen LogP contribution in [0.5, 0.6) is 0 Å². The van der Waals surface area contributed by atoms with Crippen LogP contribution in [0.4, 0.5) is 5.13 Å². The predicted molar refractivity (Wildman–Crippen MR) is 69.3 cm³/mol. The number of aromatic nitrogens is 1. The van der Waals surface area contributed by atoms with E-state index in [0.717, 1.165) is 0 Å². The second-order valence-corrected chi connectivity index (χ2v) is 4.69. The van der Waals surface area contributed by atoms with Gasteiger partial charge < -0.3 is 15.4 Å². The first kappa shape index (κ1) is 14.4. The Morgan fingerprint density at radius 1 is 1.61 bits per heavy atom. The van der Waals surface area contributed by atoms with E-state index in [1.165, 1.54) is 11.3 Å².